The van der Waals surface area contributed by atoms with Crippen LogP contribution in [-0.4, -0.2) is 12.5 Å². The fourth-order valence-corrected chi connectivity index (χ4v) is 2.55. The predicted octanol–water partition coefficient (Wildman–Crippen LogP) is 4.74. The van der Waals surface area contributed by atoms with E-state index in [1.807, 2.05) is 0 Å². The molecular weight excluding hydrogens is 234 g/mol. The summed E-state index contributed by atoms with van der Waals surface area (Å²) in [5.74, 6) is 0.254. The van der Waals surface area contributed by atoms with Gasteiger partial charge in [-0.1, -0.05) is 50.7 Å². The Morgan fingerprint density at radius 2 is 1.21 bits per heavy atom. The summed E-state index contributed by atoms with van der Waals surface area (Å²) in [6.45, 7) is 0.870. The largest absolute Gasteiger partial charge is 0.356 e. The van der Waals surface area contributed by atoms with Crippen LogP contribution in [0.5, 0.6) is 0 Å². The average Bonchev–Trinajstić information content (AvgIpc) is 2.41. The number of allylic oxidation sites excluding steroid dienone is 2. The molecule has 2 nitrogen and oxygen atoms in total. The Bertz CT molecular complexity index is 248. The molecule has 2 heteroatoms. The Hall–Kier alpha value is -0.790. The number of carbonyl (C=O) groups is 1. The SMILES string of the molecule is O=C1CCCCCCCC/C=C/CCCCCCN1. The molecule has 0 saturated carbocycles. The minimum absolute atomic E-state index is 0.254. The molecular formula is C17H31NO. The van der Waals surface area contributed by atoms with Crippen molar-refractivity contribution in [3.63, 3.8) is 0 Å². The third kappa shape index (κ3) is 10.8. The van der Waals surface area contributed by atoms with Crippen LogP contribution in [0.2, 0.25) is 0 Å². The van der Waals surface area contributed by atoms with E-state index in [4.69, 9.17) is 0 Å². The molecule has 1 N–H and O–H groups in total. The summed E-state index contributed by atoms with van der Waals surface area (Å²) < 4.78 is 0. The van der Waals surface area contributed by atoms with Crippen LogP contribution in [0.4, 0.5) is 0 Å². The maximum Gasteiger partial charge on any atom is 0.219 e. The van der Waals surface area contributed by atoms with E-state index in [9.17, 15) is 4.79 Å². The molecule has 0 aromatic heterocycles. The molecule has 1 rings (SSSR count). The molecule has 0 spiro atoms. The lowest BCUT2D eigenvalue weighted by Crippen LogP contribution is -2.23. The first-order valence-electron chi connectivity index (χ1n) is 8.31. The highest BCUT2D eigenvalue weighted by Gasteiger charge is 2.00. The van der Waals surface area contributed by atoms with Gasteiger partial charge in [0.1, 0.15) is 0 Å². The van der Waals surface area contributed by atoms with Crippen LogP contribution in [0.1, 0.15) is 83.5 Å². The highest BCUT2D eigenvalue weighted by molar-refractivity contribution is 5.75. The van der Waals surface area contributed by atoms with Crippen molar-refractivity contribution in [1.29, 1.82) is 0 Å². The van der Waals surface area contributed by atoms with E-state index in [0.29, 0.717) is 0 Å². The molecule has 1 aliphatic rings. The number of amides is 1. The van der Waals surface area contributed by atoms with Gasteiger partial charge in [0.05, 0.1) is 0 Å². The summed E-state index contributed by atoms with van der Waals surface area (Å²) in [4.78, 5) is 11.6. The van der Waals surface area contributed by atoms with Crippen LogP contribution in [-0.2, 0) is 4.79 Å². The normalized spacial score (nSPS) is 23.9. The predicted molar refractivity (Wildman–Crippen MR) is 82.2 cm³/mol. The Balaban J connectivity index is 2.16. The van der Waals surface area contributed by atoms with Gasteiger partial charge in [-0.25, -0.2) is 0 Å². The topological polar surface area (TPSA) is 29.1 Å². The number of nitrogens with one attached hydrogen (secondary N) is 1. The summed E-state index contributed by atoms with van der Waals surface area (Å²) in [6.07, 6.45) is 20.5. The summed E-state index contributed by atoms with van der Waals surface area (Å²) in [5.41, 5.74) is 0. The maximum atomic E-state index is 11.6. The monoisotopic (exact) mass is 265 g/mol. The average molecular weight is 265 g/mol. The minimum atomic E-state index is 0.254. The molecule has 1 aliphatic heterocycles. The first-order valence-corrected chi connectivity index (χ1v) is 8.31. The van der Waals surface area contributed by atoms with E-state index < -0.39 is 0 Å². The molecule has 0 aliphatic carbocycles. The number of carbonyl (C=O) groups excluding carboxylic acids is 1. The molecule has 0 radical (unpaired) electrons. The third-order valence-corrected chi connectivity index (χ3v) is 3.81. The van der Waals surface area contributed by atoms with Gasteiger partial charge in [-0.05, 0) is 38.5 Å². The Kier molecular flexibility index (Phi) is 10.5. The van der Waals surface area contributed by atoms with E-state index in [0.717, 1.165) is 25.8 Å². The standard InChI is InChI=1S/C17H31NO/c19-17-15-13-11-9-7-5-3-1-2-4-6-8-10-12-14-16-18-17/h2,4H,1,3,5-16H2,(H,18,19)/b4-2+. The highest BCUT2D eigenvalue weighted by atomic mass is 16.1. The van der Waals surface area contributed by atoms with Crippen LogP contribution >= 0.6 is 0 Å². The zero-order valence-corrected chi connectivity index (χ0v) is 12.5. The Labute approximate surface area is 119 Å². The van der Waals surface area contributed by atoms with Crippen molar-refractivity contribution in [3.05, 3.63) is 12.2 Å². The van der Waals surface area contributed by atoms with E-state index in [1.54, 1.807) is 0 Å². The third-order valence-electron chi connectivity index (χ3n) is 3.81. The lowest BCUT2D eigenvalue weighted by molar-refractivity contribution is -0.121. The van der Waals surface area contributed by atoms with Gasteiger partial charge in [0.2, 0.25) is 5.91 Å². The summed E-state index contributed by atoms with van der Waals surface area (Å²) in [5, 5.41) is 3.03. The van der Waals surface area contributed by atoms with Crippen molar-refractivity contribution in [2.45, 2.75) is 83.5 Å². The zero-order chi connectivity index (χ0) is 13.6. The first-order chi connectivity index (χ1) is 9.39. The van der Waals surface area contributed by atoms with Crippen molar-refractivity contribution in [3.8, 4) is 0 Å². The molecule has 110 valence electrons. The molecule has 0 saturated heterocycles. The lowest BCUT2D eigenvalue weighted by Gasteiger charge is -2.05. The van der Waals surface area contributed by atoms with Crippen LogP contribution in [0.15, 0.2) is 12.2 Å². The van der Waals surface area contributed by atoms with Gasteiger partial charge in [0.25, 0.3) is 0 Å². The van der Waals surface area contributed by atoms with E-state index in [-0.39, 0.29) is 5.91 Å². The van der Waals surface area contributed by atoms with Crippen molar-refractivity contribution in [2.75, 3.05) is 6.54 Å². The van der Waals surface area contributed by atoms with Crippen LogP contribution in [0.25, 0.3) is 0 Å². The Morgan fingerprint density at radius 1 is 0.684 bits per heavy atom. The molecule has 0 aromatic rings. The second kappa shape index (κ2) is 12.3. The van der Waals surface area contributed by atoms with Crippen molar-refractivity contribution < 1.29 is 4.79 Å². The van der Waals surface area contributed by atoms with Crippen molar-refractivity contribution in [2.24, 2.45) is 0 Å². The van der Waals surface area contributed by atoms with Gasteiger partial charge >= 0.3 is 0 Å². The van der Waals surface area contributed by atoms with E-state index in [2.05, 4.69) is 17.5 Å². The van der Waals surface area contributed by atoms with Gasteiger partial charge in [-0.15, -0.1) is 0 Å². The quantitative estimate of drug-likeness (QED) is 0.629. The van der Waals surface area contributed by atoms with E-state index in [1.165, 1.54) is 64.2 Å². The first kappa shape index (κ1) is 16.3. The summed E-state index contributed by atoms with van der Waals surface area (Å²) >= 11 is 0. The zero-order valence-electron chi connectivity index (χ0n) is 12.5. The second-order valence-electron chi connectivity index (χ2n) is 5.68. The number of rotatable bonds is 0. The lowest BCUT2D eigenvalue weighted by atomic mass is 10.1. The van der Waals surface area contributed by atoms with Gasteiger partial charge in [-0.3, -0.25) is 4.79 Å². The minimum Gasteiger partial charge on any atom is -0.356 e. The van der Waals surface area contributed by atoms with Crippen molar-refractivity contribution in [1.82, 2.24) is 5.32 Å². The Morgan fingerprint density at radius 3 is 1.89 bits per heavy atom. The van der Waals surface area contributed by atoms with Gasteiger partial charge in [-0.2, -0.15) is 0 Å². The molecule has 1 amide bonds. The molecule has 0 fully saturated rings. The fraction of sp³-hybridized carbons (Fsp3) is 0.824. The highest BCUT2D eigenvalue weighted by Crippen LogP contribution is 2.10. The second-order valence-corrected chi connectivity index (χ2v) is 5.68. The van der Waals surface area contributed by atoms with Gasteiger partial charge in [0, 0.05) is 13.0 Å². The molecule has 0 atom stereocenters. The number of hydrogen-bond donors (Lipinski definition) is 1. The molecule has 1 heterocycles. The van der Waals surface area contributed by atoms with Crippen LogP contribution in [0, 0.1) is 0 Å². The molecule has 0 bridgehead atoms. The fourth-order valence-electron chi connectivity index (χ4n) is 2.55. The number of hydrogen-bond acceptors (Lipinski definition) is 1. The molecule has 0 aromatic carbocycles. The van der Waals surface area contributed by atoms with Gasteiger partial charge < -0.3 is 5.32 Å². The van der Waals surface area contributed by atoms with E-state index >= 15 is 0 Å². The maximum absolute atomic E-state index is 11.6. The summed E-state index contributed by atoms with van der Waals surface area (Å²) in [6, 6.07) is 0. The van der Waals surface area contributed by atoms with Gasteiger partial charge in [0.15, 0.2) is 0 Å². The molecule has 19 heavy (non-hydrogen) atoms. The molecule has 0 unspecified atom stereocenters. The van der Waals surface area contributed by atoms with Crippen LogP contribution < -0.4 is 5.32 Å². The van der Waals surface area contributed by atoms with Crippen LogP contribution in [0.3, 0.4) is 0 Å². The summed E-state index contributed by atoms with van der Waals surface area (Å²) in [7, 11) is 0. The smallest absolute Gasteiger partial charge is 0.219 e. The van der Waals surface area contributed by atoms with Crippen molar-refractivity contribution >= 4 is 5.91 Å².